The molecule has 2 fully saturated rings. The second-order valence-corrected chi connectivity index (χ2v) is 6.80. The van der Waals surface area contributed by atoms with Crippen LogP contribution in [-0.4, -0.2) is 41.1 Å². The molecule has 0 bridgehead atoms. The normalized spacial score (nSPS) is 20.9. The Hall–Kier alpha value is -1.49. The molecule has 2 amide bonds. The van der Waals surface area contributed by atoms with Crippen LogP contribution in [0.2, 0.25) is 0 Å². The van der Waals surface area contributed by atoms with Crippen molar-refractivity contribution in [2.24, 2.45) is 0 Å². The van der Waals surface area contributed by atoms with Crippen LogP contribution in [0.15, 0.2) is 35.2 Å². The monoisotopic (exact) mass is 304 g/mol. The molecule has 1 aliphatic heterocycles. The molecule has 21 heavy (non-hydrogen) atoms. The summed E-state index contributed by atoms with van der Waals surface area (Å²) in [6, 6.07) is 10.2. The molecule has 5 heteroatoms. The van der Waals surface area contributed by atoms with Gasteiger partial charge in [0.2, 0.25) is 11.8 Å². The van der Waals surface area contributed by atoms with Crippen LogP contribution < -0.4 is 5.32 Å². The molecule has 0 atom stereocenters. The second-order valence-electron chi connectivity index (χ2n) is 5.63. The molecule has 1 saturated heterocycles. The van der Waals surface area contributed by atoms with E-state index in [0.717, 1.165) is 31.4 Å². The Kier molecular flexibility index (Phi) is 4.19. The van der Waals surface area contributed by atoms with E-state index < -0.39 is 5.54 Å². The number of nitrogens with one attached hydrogen (secondary N) is 1. The lowest BCUT2D eigenvalue weighted by molar-refractivity contribution is -0.153. The van der Waals surface area contributed by atoms with E-state index in [1.165, 1.54) is 4.90 Å². The molecule has 1 aromatic carbocycles. The van der Waals surface area contributed by atoms with Crippen molar-refractivity contribution >= 4 is 23.6 Å². The van der Waals surface area contributed by atoms with Crippen molar-refractivity contribution in [1.82, 2.24) is 10.2 Å². The third-order valence-electron chi connectivity index (χ3n) is 4.40. The summed E-state index contributed by atoms with van der Waals surface area (Å²) in [6.07, 6.45) is 3.67. The van der Waals surface area contributed by atoms with Gasteiger partial charge in [0.25, 0.3) is 0 Å². The molecule has 1 N–H and O–H groups in total. The lowest BCUT2D eigenvalue weighted by Gasteiger charge is -2.43. The van der Waals surface area contributed by atoms with Crippen molar-refractivity contribution < 1.29 is 9.59 Å². The Labute approximate surface area is 129 Å². The van der Waals surface area contributed by atoms with Gasteiger partial charge in [0, 0.05) is 17.2 Å². The van der Waals surface area contributed by atoms with Gasteiger partial charge < -0.3 is 10.2 Å². The van der Waals surface area contributed by atoms with Gasteiger partial charge in [-0.05, 0) is 25.0 Å². The van der Waals surface area contributed by atoms with Crippen LogP contribution in [0.1, 0.15) is 25.7 Å². The molecule has 0 aromatic heterocycles. The highest BCUT2D eigenvalue weighted by Crippen LogP contribution is 2.37. The number of piperazine rings is 1. The van der Waals surface area contributed by atoms with Crippen LogP contribution in [0.3, 0.4) is 0 Å². The largest absolute Gasteiger partial charge is 0.345 e. The number of nitrogens with zero attached hydrogens (tertiary/aromatic N) is 1. The predicted molar refractivity (Wildman–Crippen MR) is 83.1 cm³/mol. The van der Waals surface area contributed by atoms with Gasteiger partial charge in [-0.15, -0.1) is 11.8 Å². The fraction of sp³-hybridized carbons (Fsp3) is 0.500. The van der Waals surface area contributed by atoms with Crippen LogP contribution in [0.4, 0.5) is 0 Å². The number of benzene rings is 1. The van der Waals surface area contributed by atoms with E-state index in [9.17, 15) is 9.59 Å². The highest BCUT2D eigenvalue weighted by atomic mass is 32.2. The average Bonchev–Trinajstić information content (AvgIpc) is 2.99. The Balaban J connectivity index is 1.66. The molecule has 0 unspecified atom stereocenters. The number of amides is 2. The molecule has 112 valence electrons. The smallest absolute Gasteiger partial charge is 0.246 e. The van der Waals surface area contributed by atoms with Crippen molar-refractivity contribution in [2.75, 3.05) is 18.8 Å². The molecule has 1 heterocycles. The van der Waals surface area contributed by atoms with Gasteiger partial charge in [-0.25, -0.2) is 0 Å². The van der Waals surface area contributed by atoms with Crippen LogP contribution in [0.25, 0.3) is 0 Å². The minimum atomic E-state index is -0.563. The summed E-state index contributed by atoms with van der Waals surface area (Å²) < 4.78 is 0. The highest BCUT2D eigenvalue weighted by molar-refractivity contribution is 7.99. The summed E-state index contributed by atoms with van der Waals surface area (Å²) >= 11 is 1.73. The van der Waals surface area contributed by atoms with Crippen LogP contribution in [-0.2, 0) is 9.59 Å². The Morgan fingerprint density at radius 3 is 2.57 bits per heavy atom. The molecule has 1 aromatic rings. The van der Waals surface area contributed by atoms with E-state index >= 15 is 0 Å². The average molecular weight is 304 g/mol. The number of hydrogen-bond donors (Lipinski definition) is 1. The van der Waals surface area contributed by atoms with E-state index in [-0.39, 0.29) is 18.4 Å². The fourth-order valence-electron chi connectivity index (χ4n) is 3.34. The summed E-state index contributed by atoms with van der Waals surface area (Å²) in [6.45, 7) is 0.794. The lowest BCUT2D eigenvalue weighted by atomic mass is 9.91. The maximum atomic E-state index is 12.3. The summed E-state index contributed by atoms with van der Waals surface area (Å²) in [7, 11) is 0. The van der Waals surface area contributed by atoms with E-state index in [1.807, 2.05) is 23.1 Å². The molecule has 1 spiro atoms. The standard InChI is InChI=1S/C16H20N2O2S/c19-14-12-17-15(20)16(8-4-5-9-16)18(14)10-11-21-13-6-2-1-3-7-13/h1-3,6-7H,4-5,8-12H2,(H,17,20). The number of hydrogen-bond acceptors (Lipinski definition) is 3. The lowest BCUT2D eigenvalue weighted by Crippen LogP contribution is -2.66. The summed E-state index contributed by atoms with van der Waals surface area (Å²) in [5, 5.41) is 2.77. The zero-order chi connectivity index (χ0) is 14.7. The van der Waals surface area contributed by atoms with Gasteiger partial charge in [-0.1, -0.05) is 31.0 Å². The number of carbonyl (C=O) groups excluding carboxylic acids is 2. The molecular formula is C16H20N2O2S. The zero-order valence-electron chi connectivity index (χ0n) is 12.0. The molecule has 1 saturated carbocycles. The third-order valence-corrected chi connectivity index (χ3v) is 5.39. The minimum Gasteiger partial charge on any atom is -0.345 e. The van der Waals surface area contributed by atoms with Gasteiger partial charge in [0.05, 0.1) is 6.54 Å². The first-order valence-electron chi connectivity index (χ1n) is 7.49. The maximum absolute atomic E-state index is 12.3. The molecule has 1 aliphatic carbocycles. The van der Waals surface area contributed by atoms with Crippen molar-refractivity contribution in [3.63, 3.8) is 0 Å². The van der Waals surface area contributed by atoms with Crippen molar-refractivity contribution in [2.45, 2.75) is 36.1 Å². The molecule has 0 radical (unpaired) electrons. The van der Waals surface area contributed by atoms with Crippen molar-refractivity contribution in [3.8, 4) is 0 Å². The first-order chi connectivity index (χ1) is 10.2. The van der Waals surface area contributed by atoms with E-state index in [4.69, 9.17) is 0 Å². The SMILES string of the molecule is O=C1CNC(=O)C2(CCCC2)N1CCSc1ccccc1. The van der Waals surface area contributed by atoms with Gasteiger partial charge in [-0.2, -0.15) is 0 Å². The molecular weight excluding hydrogens is 284 g/mol. The van der Waals surface area contributed by atoms with Crippen LogP contribution in [0.5, 0.6) is 0 Å². The molecule has 3 rings (SSSR count). The quantitative estimate of drug-likeness (QED) is 0.866. The number of thioether (sulfide) groups is 1. The van der Waals surface area contributed by atoms with Crippen molar-refractivity contribution in [3.05, 3.63) is 30.3 Å². The second kappa shape index (κ2) is 6.10. The zero-order valence-corrected chi connectivity index (χ0v) is 12.8. The van der Waals surface area contributed by atoms with Gasteiger partial charge >= 0.3 is 0 Å². The van der Waals surface area contributed by atoms with Crippen molar-refractivity contribution in [1.29, 1.82) is 0 Å². The fourth-order valence-corrected chi connectivity index (χ4v) is 4.20. The van der Waals surface area contributed by atoms with Crippen LogP contribution in [0, 0.1) is 0 Å². The van der Waals surface area contributed by atoms with Gasteiger partial charge in [-0.3, -0.25) is 9.59 Å². The summed E-state index contributed by atoms with van der Waals surface area (Å²) in [4.78, 5) is 27.6. The first-order valence-corrected chi connectivity index (χ1v) is 8.47. The Morgan fingerprint density at radius 1 is 1.14 bits per heavy atom. The summed E-state index contributed by atoms with van der Waals surface area (Å²) in [5.41, 5.74) is -0.563. The Bertz CT molecular complexity index is 526. The predicted octanol–water partition coefficient (Wildman–Crippen LogP) is 2.05. The Morgan fingerprint density at radius 2 is 1.86 bits per heavy atom. The van der Waals surface area contributed by atoms with Gasteiger partial charge in [0.15, 0.2) is 0 Å². The number of carbonyl (C=O) groups is 2. The topological polar surface area (TPSA) is 49.4 Å². The first kappa shape index (κ1) is 14.4. The minimum absolute atomic E-state index is 0.0457. The molecule has 2 aliphatic rings. The third kappa shape index (κ3) is 2.79. The van der Waals surface area contributed by atoms with E-state index in [2.05, 4.69) is 17.4 Å². The van der Waals surface area contributed by atoms with Gasteiger partial charge in [0.1, 0.15) is 5.54 Å². The summed E-state index contributed by atoms with van der Waals surface area (Å²) in [5.74, 6) is 0.930. The molecule has 4 nitrogen and oxygen atoms in total. The number of rotatable bonds is 4. The highest BCUT2D eigenvalue weighted by Gasteiger charge is 2.50. The van der Waals surface area contributed by atoms with E-state index in [0.29, 0.717) is 6.54 Å². The maximum Gasteiger partial charge on any atom is 0.246 e. The van der Waals surface area contributed by atoms with Crippen LogP contribution >= 0.6 is 11.8 Å². The van der Waals surface area contributed by atoms with E-state index in [1.54, 1.807) is 11.8 Å².